The quantitative estimate of drug-likeness (QED) is 0.811. The molecule has 6 heteroatoms. The summed E-state index contributed by atoms with van der Waals surface area (Å²) in [5.74, 6) is 1.46. The van der Waals surface area contributed by atoms with Gasteiger partial charge in [0.25, 0.3) is 0 Å². The number of ether oxygens (including phenoxy) is 2. The van der Waals surface area contributed by atoms with Crippen molar-refractivity contribution >= 4 is 23.0 Å². The highest BCUT2D eigenvalue weighted by Crippen LogP contribution is 2.30. The minimum atomic E-state index is 0.505. The summed E-state index contributed by atoms with van der Waals surface area (Å²) in [5, 5.41) is 4.03. The van der Waals surface area contributed by atoms with Crippen molar-refractivity contribution in [1.82, 2.24) is 9.88 Å². The molecular formula is C18H21N3O2S. The molecule has 0 amide bonds. The monoisotopic (exact) mass is 343 g/mol. The zero-order valence-corrected chi connectivity index (χ0v) is 14.7. The lowest BCUT2D eigenvalue weighted by atomic mass is 10.2. The molecule has 126 valence electrons. The summed E-state index contributed by atoms with van der Waals surface area (Å²) >= 11 is 5.65. The summed E-state index contributed by atoms with van der Waals surface area (Å²) in [6.45, 7) is 0.778. The Kier molecular flexibility index (Phi) is 5.15. The van der Waals surface area contributed by atoms with Crippen LogP contribution < -0.4 is 14.8 Å². The topological polar surface area (TPSA) is 46.6 Å². The van der Waals surface area contributed by atoms with Crippen molar-refractivity contribution in [1.29, 1.82) is 0 Å². The minimum absolute atomic E-state index is 0.505. The molecule has 0 atom stereocenters. The molecule has 0 saturated heterocycles. The highest BCUT2D eigenvalue weighted by Gasteiger charge is 2.30. The largest absolute Gasteiger partial charge is 0.497 e. The molecule has 1 N–H and O–H groups in total. The first-order valence-corrected chi connectivity index (χ1v) is 8.30. The molecule has 1 heterocycles. The third-order valence-corrected chi connectivity index (χ3v) is 4.29. The molecule has 2 aromatic rings. The fraction of sp³-hybridized carbons (Fsp3) is 0.333. The van der Waals surface area contributed by atoms with Crippen LogP contribution >= 0.6 is 12.2 Å². The van der Waals surface area contributed by atoms with Gasteiger partial charge in [-0.25, -0.2) is 0 Å². The number of rotatable bonds is 6. The van der Waals surface area contributed by atoms with E-state index >= 15 is 0 Å². The number of pyridine rings is 1. The van der Waals surface area contributed by atoms with Gasteiger partial charge < -0.3 is 19.7 Å². The molecule has 1 saturated carbocycles. The van der Waals surface area contributed by atoms with Crippen LogP contribution in [0.5, 0.6) is 11.5 Å². The number of nitrogens with one attached hydrogen (secondary N) is 1. The highest BCUT2D eigenvalue weighted by molar-refractivity contribution is 7.80. The van der Waals surface area contributed by atoms with E-state index in [0.717, 1.165) is 23.7 Å². The first-order chi connectivity index (χ1) is 11.7. The summed E-state index contributed by atoms with van der Waals surface area (Å²) in [4.78, 5) is 6.30. The smallest absolute Gasteiger partial charge is 0.173 e. The summed E-state index contributed by atoms with van der Waals surface area (Å²) in [6.07, 6.45) is 5.97. The fourth-order valence-electron chi connectivity index (χ4n) is 2.51. The average molecular weight is 343 g/mol. The number of aromatic nitrogens is 1. The lowest BCUT2D eigenvalue weighted by Crippen LogP contribution is -2.36. The maximum absolute atomic E-state index is 5.65. The second-order valence-electron chi connectivity index (χ2n) is 5.75. The molecule has 1 aliphatic carbocycles. The van der Waals surface area contributed by atoms with Crippen LogP contribution in [0, 0.1) is 0 Å². The second kappa shape index (κ2) is 7.49. The predicted octanol–water partition coefficient (Wildman–Crippen LogP) is 3.46. The van der Waals surface area contributed by atoms with Crippen molar-refractivity contribution in [3.8, 4) is 11.5 Å². The van der Waals surface area contributed by atoms with Crippen molar-refractivity contribution < 1.29 is 9.47 Å². The fourth-order valence-corrected chi connectivity index (χ4v) is 2.84. The van der Waals surface area contributed by atoms with Crippen LogP contribution in [0.4, 0.5) is 5.69 Å². The van der Waals surface area contributed by atoms with Gasteiger partial charge in [0, 0.05) is 48.9 Å². The van der Waals surface area contributed by atoms with E-state index in [1.807, 2.05) is 42.7 Å². The van der Waals surface area contributed by atoms with Gasteiger partial charge in [-0.3, -0.25) is 4.98 Å². The zero-order valence-electron chi connectivity index (χ0n) is 13.9. The summed E-state index contributed by atoms with van der Waals surface area (Å²) in [5.41, 5.74) is 2.06. The Bertz CT molecular complexity index is 682. The van der Waals surface area contributed by atoms with Gasteiger partial charge in [-0.1, -0.05) is 0 Å². The molecule has 3 rings (SSSR count). The Balaban J connectivity index is 1.74. The van der Waals surface area contributed by atoms with E-state index in [2.05, 4.69) is 15.2 Å². The van der Waals surface area contributed by atoms with E-state index in [0.29, 0.717) is 11.2 Å². The number of anilines is 1. The number of methoxy groups -OCH3 is 2. The normalized spacial score (nSPS) is 13.2. The molecule has 1 aromatic carbocycles. The van der Waals surface area contributed by atoms with E-state index in [1.54, 1.807) is 14.2 Å². The third kappa shape index (κ3) is 4.14. The van der Waals surface area contributed by atoms with Crippen LogP contribution in [0.15, 0.2) is 42.7 Å². The minimum Gasteiger partial charge on any atom is -0.497 e. The Morgan fingerprint density at radius 2 is 1.79 bits per heavy atom. The number of hydrogen-bond donors (Lipinski definition) is 1. The molecule has 0 aliphatic heterocycles. The first kappa shape index (κ1) is 16.5. The summed E-state index contributed by atoms with van der Waals surface area (Å²) in [6, 6.07) is 10.2. The van der Waals surface area contributed by atoms with Crippen LogP contribution in [0.2, 0.25) is 0 Å². The summed E-state index contributed by atoms with van der Waals surface area (Å²) in [7, 11) is 3.27. The van der Waals surface area contributed by atoms with Gasteiger partial charge >= 0.3 is 0 Å². The van der Waals surface area contributed by atoms with Crippen LogP contribution in [-0.4, -0.2) is 35.3 Å². The molecule has 0 bridgehead atoms. The van der Waals surface area contributed by atoms with Gasteiger partial charge in [-0.2, -0.15) is 0 Å². The van der Waals surface area contributed by atoms with E-state index in [9.17, 15) is 0 Å². The Hall–Kier alpha value is -2.34. The molecule has 5 nitrogen and oxygen atoms in total. The molecule has 1 aromatic heterocycles. The molecule has 1 fully saturated rings. The van der Waals surface area contributed by atoms with Gasteiger partial charge in [0.2, 0.25) is 0 Å². The van der Waals surface area contributed by atoms with Crippen molar-refractivity contribution in [2.75, 3.05) is 19.5 Å². The first-order valence-electron chi connectivity index (χ1n) is 7.89. The van der Waals surface area contributed by atoms with Crippen LogP contribution in [-0.2, 0) is 6.54 Å². The second-order valence-corrected chi connectivity index (χ2v) is 6.13. The standard InChI is InChI=1S/C18H21N3O2S/c1-22-16-9-14(10-17(11-16)23-2)20-18(24)21(15-3-4-15)12-13-5-7-19-8-6-13/h5-11,15H,3-4,12H2,1-2H3,(H,20,24). The van der Waals surface area contributed by atoms with Crippen LogP contribution in [0.25, 0.3) is 0 Å². The van der Waals surface area contributed by atoms with Crippen LogP contribution in [0.3, 0.4) is 0 Å². The van der Waals surface area contributed by atoms with E-state index in [-0.39, 0.29) is 0 Å². The highest BCUT2D eigenvalue weighted by atomic mass is 32.1. The maximum atomic E-state index is 5.65. The number of nitrogens with zero attached hydrogens (tertiary/aromatic N) is 2. The predicted molar refractivity (Wildman–Crippen MR) is 98.6 cm³/mol. The average Bonchev–Trinajstić information content (AvgIpc) is 3.45. The van der Waals surface area contributed by atoms with Gasteiger partial charge in [-0.15, -0.1) is 0 Å². The van der Waals surface area contributed by atoms with E-state index < -0.39 is 0 Å². The Labute approximate surface area is 147 Å². The summed E-state index contributed by atoms with van der Waals surface area (Å²) < 4.78 is 10.6. The SMILES string of the molecule is COc1cc(NC(=S)N(Cc2ccncc2)C2CC2)cc(OC)c1. The van der Waals surface area contributed by atoms with E-state index in [1.165, 1.54) is 18.4 Å². The number of thiocarbonyl (C=S) groups is 1. The van der Waals surface area contributed by atoms with Gasteiger partial charge in [-0.05, 0) is 42.8 Å². The number of hydrogen-bond acceptors (Lipinski definition) is 4. The molecule has 1 aliphatic rings. The van der Waals surface area contributed by atoms with Crippen molar-refractivity contribution in [2.24, 2.45) is 0 Å². The van der Waals surface area contributed by atoms with Crippen LogP contribution in [0.1, 0.15) is 18.4 Å². The van der Waals surface area contributed by atoms with Gasteiger partial charge in [0.05, 0.1) is 14.2 Å². The lowest BCUT2D eigenvalue weighted by Gasteiger charge is -2.26. The zero-order chi connectivity index (χ0) is 16.9. The lowest BCUT2D eigenvalue weighted by molar-refractivity contribution is 0.394. The number of benzene rings is 1. The van der Waals surface area contributed by atoms with Crippen molar-refractivity contribution in [3.05, 3.63) is 48.3 Å². The van der Waals surface area contributed by atoms with E-state index in [4.69, 9.17) is 21.7 Å². The van der Waals surface area contributed by atoms with Crippen molar-refractivity contribution in [3.63, 3.8) is 0 Å². The van der Waals surface area contributed by atoms with Gasteiger partial charge in [0.15, 0.2) is 5.11 Å². The Morgan fingerprint density at radius 3 is 2.33 bits per heavy atom. The molecule has 24 heavy (non-hydrogen) atoms. The third-order valence-electron chi connectivity index (χ3n) is 3.95. The molecule has 0 radical (unpaired) electrons. The molecular weight excluding hydrogens is 322 g/mol. The van der Waals surface area contributed by atoms with Crippen molar-refractivity contribution in [2.45, 2.75) is 25.4 Å². The van der Waals surface area contributed by atoms with Gasteiger partial charge in [0.1, 0.15) is 11.5 Å². The maximum Gasteiger partial charge on any atom is 0.173 e. The Morgan fingerprint density at radius 1 is 1.17 bits per heavy atom. The molecule has 0 spiro atoms. The molecule has 0 unspecified atom stereocenters.